The number of nitrogens with one attached hydrogen (secondary N) is 1. The lowest BCUT2D eigenvalue weighted by molar-refractivity contribution is 0.0940. The van der Waals surface area contributed by atoms with E-state index < -0.39 is 0 Å². The van der Waals surface area contributed by atoms with Crippen LogP contribution in [-0.2, 0) is 0 Å². The van der Waals surface area contributed by atoms with Gasteiger partial charge in [-0.2, -0.15) is 0 Å². The Morgan fingerprint density at radius 3 is 2.47 bits per heavy atom. The summed E-state index contributed by atoms with van der Waals surface area (Å²) >= 11 is 0. The molecule has 1 saturated carbocycles. The molecule has 0 bridgehead atoms. The summed E-state index contributed by atoms with van der Waals surface area (Å²) in [5.74, 6) is 0.905. The Kier molecular flexibility index (Phi) is 4.83. The Labute approximate surface area is 107 Å². The van der Waals surface area contributed by atoms with Gasteiger partial charge in [0.25, 0.3) is 0 Å². The third-order valence-corrected chi connectivity index (χ3v) is 4.55. The molecule has 100 valence electrons. The van der Waals surface area contributed by atoms with Crippen molar-refractivity contribution in [2.45, 2.75) is 44.2 Å². The monoisotopic (exact) mass is 239 g/mol. The Morgan fingerprint density at radius 2 is 1.88 bits per heavy atom. The zero-order valence-electron chi connectivity index (χ0n) is 11.8. The van der Waals surface area contributed by atoms with Crippen LogP contribution in [-0.4, -0.2) is 62.7 Å². The summed E-state index contributed by atoms with van der Waals surface area (Å²) in [6.07, 6.45) is 7.21. The second-order valence-corrected chi connectivity index (χ2v) is 6.18. The Bertz CT molecular complexity index is 224. The molecule has 0 radical (unpaired) electrons. The average molecular weight is 239 g/mol. The van der Waals surface area contributed by atoms with Gasteiger partial charge in [0.05, 0.1) is 0 Å². The van der Waals surface area contributed by atoms with Crippen LogP contribution in [0.5, 0.6) is 0 Å². The normalized spacial score (nSPS) is 30.7. The highest BCUT2D eigenvalue weighted by Crippen LogP contribution is 2.30. The number of likely N-dealkylation sites (N-methyl/N-ethyl adjacent to an activating group) is 2. The standard InChI is InChI=1S/C14H29N3/c1-16(2)14(12-7-5-4-6-8-12)13-11-17(3)10-9-15-13/h12-15H,4-11H2,1-3H3. The van der Waals surface area contributed by atoms with Gasteiger partial charge in [0.1, 0.15) is 0 Å². The number of hydrogen-bond acceptors (Lipinski definition) is 3. The zero-order valence-corrected chi connectivity index (χ0v) is 11.8. The van der Waals surface area contributed by atoms with Crippen molar-refractivity contribution in [2.75, 3.05) is 40.8 Å². The second-order valence-electron chi connectivity index (χ2n) is 6.18. The molecule has 0 amide bonds. The highest BCUT2D eigenvalue weighted by molar-refractivity contribution is 4.92. The smallest absolute Gasteiger partial charge is 0.0354 e. The lowest BCUT2D eigenvalue weighted by Gasteiger charge is -2.44. The van der Waals surface area contributed by atoms with Crippen LogP contribution in [0.3, 0.4) is 0 Å². The van der Waals surface area contributed by atoms with E-state index in [0.29, 0.717) is 6.04 Å². The molecule has 0 aromatic carbocycles. The van der Waals surface area contributed by atoms with Gasteiger partial charge in [-0.3, -0.25) is 0 Å². The first kappa shape index (κ1) is 13.3. The molecule has 1 saturated heterocycles. The van der Waals surface area contributed by atoms with Crippen molar-refractivity contribution in [2.24, 2.45) is 5.92 Å². The van der Waals surface area contributed by atoms with Crippen molar-refractivity contribution in [3.05, 3.63) is 0 Å². The third kappa shape index (κ3) is 3.43. The van der Waals surface area contributed by atoms with Gasteiger partial charge >= 0.3 is 0 Å². The van der Waals surface area contributed by atoms with Crippen molar-refractivity contribution in [1.82, 2.24) is 15.1 Å². The average Bonchev–Trinajstić information content (AvgIpc) is 2.30. The van der Waals surface area contributed by atoms with Crippen molar-refractivity contribution in [3.63, 3.8) is 0 Å². The molecule has 0 spiro atoms. The van der Waals surface area contributed by atoms with Gasteiger partial charge < -0.3 is 15.1 Å². The minimum atomic E-state index is 0.659. The molecule has 0 aromatic heterocycles. The Balaban J connectivity index is 1.99. The predicted octanol–water partition coefficient (Wildman–Crippen LogP) is 1.40. The molecular formula is C14H29N3. The van der Waals surface area contributed by atoms with Crippen LogP contribution >= 0.6 is 0 Å². The van der Waals surface area contributed by atoms with Crippen LogP contribution in [0.1, 0.15) is 32.1 Å². The molecule has 2 fully saturated rings. The molecule has 1 aliphatic carbocycles. The van der Waals surface area contributed by atoms with E-state index in [1.54, 1.807) is 0 Å². The molecule has 17 heavy (non-hydrogen) atoms. The molecule has 2 aliphatic rings. The summed E-state index contributed by atoms with van der Waals surface area (Å²) in [5, 5.41) is 3.74. The van der Waals surface area contributed by atoms with Crippen molar-refractivity contribution in [1.29, 1.82) is 0 Å². The van der Waals surface area contributed by atoms with E-state index in [1.165, 1.54) is 45.2 Å². The molecule has 2 rings (SSSR count). The zero-order chi connectivity index (χ0) is 12.3. The van der Waals surface area contributed by atoms with Gasteiger partial charge in [0.2, 0.25) is 0 Å². The van der Waals surface area contributed by atoms with Crippen LogP contribution in [0.2, 0.25) is 0 Å². The van der Waals surface area contributed by atoms with E-state index >= 15 is 0 Å². The van der Waals surface area contributed by atoms with E-state index in [9.17, 15) is 0 Å². The molecule has 1 aliphatic heterocycles. The predicted molar refractivity (Wildman–Crippen MR) is 73.3 cm³/mol. The molecule has 1 N–H and O–H groups in total. The number of hydrogen-bond donors (Lipinski definition) is 1. The summed E-state index contributed by atoms with van der Waals surface area (Å²) in [4.78, 5) is 4.94. The SMILES string of the molecule is CN1CCNC(C(C2CCCCC2)N(C)C)C1. The summed E-state index contributed by atoms with van der Waals surface area (Å²) in [7, 11) is 6.77. The van der Waals surface area contributed by atoms with Crippen molar-refractivity contribution in [3.8, 4) is 0 Å². The van der Waals surface area contributed by atoms with Gasteiger partial charge in [-0.1, -0.05) is 19.3 Å². The number of piperazine rings is 1. The maximum Gasteiger partial charge on any atom is 0.0354 e. The Morgan fingerprint density at radius 1 is 1.18 bits per heavy atom. The minimum absolute atomic E-state index is 0.659. The summed E-state index contributed by atoms with van der Waals surface area (Å²) in [5.41, 5.74) is 0. The number of rotatable bonds is 3. The third-order valence-electron chi connectivity index (χ3n) is 4.55. The van der Waals surface area contributed by atoms with Gasteiger partial charge in [-0.25, -0.2) is 0 Å². The largest absolute Gasteiger partial charge is 0.310 e. The van der Waals surface area contributed by atoms with Crippen LogP contribution in [0.15, 0.2) is 0 Å². The highest BCUT2D eigenvalue weighted by atomic mass is 15.2. The molecule has 1 heterocycles. The molecule has 2 atom stereocenters. The lowest BCUT2D eigenvalue weighted by atomic mass is 9.80. The highest BCUT2D eigenvalue weighted by Gasteiger charge is 2.33. The first-order valence-corrected chi connectivity index (χ1v) is 7.27. The number of nitrogens with zero attached hydrogens (tertiary/aromatic N) is 2. The maximum absolute atomic E-state index is 3.74. The first-order valence-electron chi connectivity index (χ1n) is 7.27. The fraction of sp³-hybridized carbons (Fsp3) is 1.00. The topological polar surface area (TPSA) is 18.5 Å². The molecule has 3 heteroatoms. The van der Waals surface area contributed by atoms with E-state index in [1.807, 2.05) is 0 Å². The first-order chi connectivity index (χ1) is 8.18. The summed E-state index contributed by atoms with van der Waals surface area (Å²) in [6.45, 7) is 3.55. The Hall–Kier alpha value is -0.120. The van der Waals surface area contributed by atoms with Crippen molar-refractivity contribution < 1.29 is 0 Å². The van der Waals surface area contributed by atoms with Gasteiger partial charge in [-0.05, 0) is 39.9 Å². The van der Waals surface area contributed by atoms with E-state index in [4.69, 9.17) is 0 Å². The minimum Gasteiger partial charge on any atom is -0.310 e. The lowest BCUT2D eigenvalue weighted by Crippen LogP contribution is -2.60. The fourth-order valence-corrected chi connectivity index (χ4v) is 3.75. The van der Waals surface area contributed by atoms with E-state index in [-0.39, 0.29) is 0 Å². The summed E-state index contributed by atoms with van der Waals surface area (Å²) < 4.78 is 0. The fourth-order valence-electron chi connectivity index (χ4n) is 3.75. The van der Waals surface area contributed by atoms with Crippen molar-refractivity contribution >= 4 is 0 Å². The molecule has 3 nitrogen and oxygen atoms in total. The van der Waals surface area contributed by atoms with Gasteiger partial charge in [0, 0.05) is 31.7 Å². The van der Waals surface area contributed by atoms with E-state index in [2.05, 4.69) is 36.3 Å². The molecule has 2 unspecified atom stereocenters. The van der Waals surface area contributed by atoms with Gasteiger partial charge in [0.15, 0.2) is 0 Å². The quantitative estimate of drug-likeness (QED) is 0.803. The van der Waals surface area contributed by atoms with Crippen LogP contribution in [0.4, 0.5) is 0 Å². The molecular weight excluding hydrogens is 210 g/mol. The second kappa shape index (κ2) is 6.17. The summed E-state index contributed by atoms with van der Waals surface area (Å²) in [6, 6.07) is 1.38. The maximum atomic E-state index is 3.74. The van der Waals surface area contributed by atoms with Crippen LogP contribution < -0.4 is 5.32 Å². The van der Waals surface area contributed by atoms with E-state index in [0.717, 1.165) is 18.5 Å². The van der Waals surface area contributed by atoms with Crippen LogP contribution in [0.25, 0.3) is 0 Å². The van der Waals surface area contributed by atoms with Gasteiger partial charge in [-0.15, -0.1) is 0 Å². The molecule has 0 aromatic rings. The van der Waals surface area contributed by atoms with Crippen LogP contribution in [0, 0.1) is 5.92 Å².